The number of carbonyl (C=O) groups excluding carboxylic acids is 1. The lowest BCUT2D eigenvalue weighted by Crippen LogP contribution is -2.47. The minimum absolute atomic E-state index is 0.196. The molecule has 3 fully saturated rings. The first-order chi connectivity index (χ1) is 8.55. The normalized spacial score (nSPS) is 32.8. The van der Waals surface area contributed by atoms with E-state index >= 15 is 0 Å². The molecule has 18 heavy (non-hydrogen) atoms. The molecular formula is C15H26N2O. The van der Waals surface area contributed by atoms with E-state index in [9.17, 15) is 4.79 Å². The third kappa shape index (κ3) is 1.78. The molecule has 1 aliphatic heterocycles. The summed E-state index contributed by atoms with van der Waals surface area (Å²) in [6, 6.07) is 0.428. The number of carbonyl (C=O) groups is 1. The largest absolute Gasteiger partial charge is 0.322 e. The first kappa shape index (κ1) is 12.5. The lowest BCUT2D eigenvalue weighted by molar-refractivity contribution is -0.136. The van der Waals surface area contributed by atoms with Gasteiger partial charge in [0.05, 0.1) is 11.7 Å². The molecule has 0 aromatic rings. The highest BCUT2D eigenvalue weighted by Crippen LogP contribution is 2.43. The van der Waals surface area contributed by atoms with E-state index in [4.69, 9.17) is 0 Å². The fourth-order valence-corrected chi connectivity index (χ4v) is 3.86. The van der Waals surface area contributed by atoms with Crippen LogP contribution in [0.3, 0.4) is 0 Å². The van der Waals surface area contributed by atoms with E-state index in [0.29, 0.717) is 17.9 Å². The van der Waals surface area contributed by atoms with Crippen LogP contribution in [0.1, 0.15) is 59.3 Å². The molecule has 1 spiro atoms. The second kappa shape index (κ2) is 4.22. The molecule has 3 heteroatoms. The summed E-state index contributed by atoms with van der Waals surface area (Å²) in [6.07, 6.45) is 7.37. The molecule has 0 bridgehead atoms. The van der Waals surface area contributed by atoms with Gasteiger partial charge in [0.2, 0.25) is 5.91 Å². The highest BCUT2D eigenvalue weighted by Gasteiger charge is 2.55. The van der Waals surface area contributed by atoms with Crippen molar-refractivity contribution in [1.29, 1.82) is 0 Å². The van der Waals surface area contributed by atoms with Crippen LogP contribution in [-0.4, -0.2) is 28.6 Å². The maximum absolute atomic E-state index is 12.9. The summed E-state index contributed by atoms with van der Waals surface area (Å²) >= 11 is 0. The van der Waals surface area contributed by atoms with Crippen molar-refractivity contribution in [3.8, 4) is 0 Å². The molecule has 102 valence electrons. The minimum Gasteiger partial charge on any atom is -0.322 e. The molecule has 0 aromatic heterocycles. The van der Waals surface area contributed by atoms with Gasteiger partial charge in [0.25, 0.3) is 0 Å². The van der Waals surface area contributed by atoms with Crippen LogP contribution in [0.25, 0.3) is 0 Å². The fourth-order valence-electron chi connectivity index (χ4n) is 3.86. The van der Waals surface area contributed by atoms with Crippen molar-refractivity contribution in [2.75, 3.05) is 0 Å². The van der Waals surface area contributed by atoms with Crippen molar-refractivity contribution < 1.29 is 4.79 Å². The van der Waals surface area contributed by atoms with Crippen LogP contribution in [0.2, 0.25) is 0 Å². The molecule has 3 aliphatic rings. The van der Waals surface area contributed by atoms with Crippen molar-refractivity contribution in [2.45, 2.75) is 77.0 Å². The predicted octanol–water partition coefficient (Wildman–Crippen LogP) is 2.51. The van der Waals surface area contributed by atoms with Crippen molar-refractivity contribution >= 4 is 5.91 Å². The average molecular weight is 250 g/mol. The van der Waals surface area contributed by atoms with Crippen LogP contribution in [0, 0.1) is 11.8 Å². The zero-order valence-corrected chi connectivity index (χ0v) is 11.9. The Kier molecular flexibility index (Phi) is 2.92. The second-order valence-electron chi connectivity index (χ2n) is 6.91. The summed E-state index contributed by atoms with van der Waals surface area (Å²) in [5, 5.41) is 3.71. The fraction of sp³-hybridized carbons (Fsp3) is 0.933. The molecule has 1 amide bonds. The van der Waals surface area contributed by atoms with Gasteiger partial charge in [-0.05, 0) is 44.4 Å². The molecule has 2 unspecified atom stereocenters. The Morgan fingerprint density at radius 2 is 1.83 bits per heavy atom. The summed E-state index contributed by atoms with van der Waals surface area (Å²) in [5.41, 5.74) is -0.196. The molecule has 2 aliphatic carbocycles. The van der Waals surface area contributed by atoms with E-state index < -0.39 is 0 Å². The van der Waals surface area contributed by atoms with Gasteiger partial charge in [-0.3, -0.25) is 10.1 Å². The van der Waals surface area contributed by atoms with Gasteiger partial charge in [-0.1, -0.05) is 26.7 Å². The molecule has 3 nitrogen and oxygen atoms in total. The van der Waals surface area contributed by atoms with Gasteiger partial charge in [-0.15, -0.1) is 0 Å². The standard InChI is InChI=1S/C15H26N2O/c1-10(2)13-16-15(8-4-5-9-15)14(18)17(13)11(3)12-6-7-12/h10-13,16H,4-9H2,1-3H3. The second-order valence-corrected chi connectivity index (χ2v) is 6.91. The third-order valence-corrected chi connectivity index (χ3v) is 5.20. The molecule has 1 heterocycles. The summed E-state index contributed by atoms with van der Waals surface area (Å²) in [7, 11) is 0. The Morgan fingerprint density at radius 3 is 2.33 bits per heavy atom. The number of amides is 1. The molecule has 0 aromatic carbocycles. The van der Waals surface area contributed by atoms with Gasteiger partial charge in [-0.25, -0.2) is 0 Å². The lowest BCUT2D eigenvalue weighted by atomic mass is 9.97. The Morgan fingerprint density at radius 1 is 1.22 bits per heavy atom. The molecule has 1 saturated heterocycles. The summed E-state index contributed by atoms with van der Waals surface area (Å²) in [6.45, 7) is 6.71. The summed E-state index contributed by atoms with van der Waals surface area (Å²) < 4.78 is 0. The van der Waals surface area contributed by atoms with Gasteiger partial charge in [0.15, 0.2) is 0 Å². The molecule has 0 radical (unpaired) electrons. The lowest BCUT2D eigenvalue weighted by Gasteiger charge is -2.32. The van der Waals surface area contributed by atoms with Gasteiger partial charge in [-0.2, -0.15) is 0 Å². The van der Waals surface area contributed by atoms with Crippen LogP contribution in [-0.2, 0) is 4.79 Å². The van der Waals surface area contributed by atoms with Crippen LogP contribution in [0.4, 0.5) is 0 Å². The number of hydrogen-bond acceptors (Lipinski definition) is 2. The number of nitrogens with one attached hydrogen (secondary N) is 1. The van der Waals surface area contributed by atoms with Crippen LogP contribution >= 0.6 is 0 Å². The van der Waals surface area contributed by atoms with E-state index in [0.717, 1.165) is 18.8 Å². The van der Waals surface area contributed by atoms with Crippen molar-refractivity contribution in [3.05, 3.63) is 0 Å². The van der Waals surface area contributed by atoms with Gasteiger partial charge < -0.3 is 4.90 Å². The van der Waals surface area contributed by atoms with Gasteiger partial charge in [0.1, 0.15) is 0 Å². The third-order valence-electron chi connectivity index (χ3n) is 5.20. The van der Waals surface area contributed by atoms with Crippen molar-refractivity contribution in [3.63, 3.8) is 0 Å². The minimum atomic E-state index is -0.196. The smallest absolute Gasteiger partial charge is 0.244 e. The molecular weight excluding hydrogens is 224 g/mol. The summed E-state index contributed by atoms with van der Waals surface area (Å²) in [5.74, 6) is 1.65. The van der Waals surface area contributed by atoms with E-state index in [1.54, 1.807) is 0 Å². The SMILES string of the molecule is CC(C)C1NC2(CCCC2)C(=O)N1C(C)C1CC1. The maximum Gasteiger partial charge on any atom is 0.244 e. The number of hydrogen-bond donors (Lipinski definition) is 1. The van der Waals surface area contributed by atoms with Gasteiger partial charge >= 0.3 is 0 Å². The molecule has 2 atom stereocenters. The first-order valence-corrected chi connectivity index (χ1v) is 7.66. The number of nitrogens with zero attached hydrogens (tertiary/aromatic N) is 1. The average Bonchev–Trinajstić information content (AvgIpc) is 3.01. The number of rotatable bonds is 3. The first-order valence-electron chi connectivity index (χ1n) is 7.66. The van der Waals surface area contributed by atoms with E-state index in [1.165, 1.54) is 25.7 Å². The van der Waals surface area contributed by atoms with Crippen LogP contribution in [0.15, 0.2) is 0 Å². The maximum atomic E-state index is 12.9. The zero-order chi connectivity index (χ0) is 12.9. The molecule has 1 N–H and O–H groups in total. The Hall–Kier alpha value is -0.570. The van der Waals surface area contributed by atoms with E-state index in [-0.39, 0.29) is 11.7 Å². The summed E-state index contributed by atoms with van der Waals surface area (Å²) in [4.78, 5) is 15.1. The van der Waals surface area contributed by atoms with Crippen LogP contribution < -0.4 is 5.32 Å². The highest BCUT2D eigenvalue weighted by atomic mass is 16.2. The monoisotopic (exact) mass is 250 g/mol. The van der Waals surface area contributed by atoms with E-state index in [1.807, 2.05) is 0 Å². The zero-order valence-electron chi connectivity index (χ0n) is 11.9. The van der Waals surface area contributed by atoms with Crippen LogP contribution in [0.5, 0.6) is 0 Å². The Bertz CT molecular complexity index is 342. The van der Waals surface area contributed by atoms with Gasteiger partial charge in [0, 0.05) is 6.04 Å². The Labute approximate surface area is 110 Å². The quantitative estimate of drug-likeness (QED) is 0.834. The van der Waals surface area contributed by atoms with E-state index in [2.05, 4.69) is 31.0 Å². The molecule has 2 saturated carbocycles. The topological polar surface area (TPSA) is 32.3 Å². The van der Waals surface area contributed by atoms with Crippen molar-refractivity contribution in [1.82, 2.24) is 10.2 Å². The predicted molar refractivity (Wildman–Crippen MR) is 72.0 cm³/mol. The Balaban J connectivity index is 1.86. The molecule has 3 rings (SSSR count). The highest BCUT2D eigenvalue weighted by molar-refractivity contribution is 5.89. The van der Waals surface area contributed by atoms with Crippen molar-refractivity contribution in [2.24, 2.45) is 11.8 Å².